The van der Waals surface area contributed by atoms with Crippen molar-refractivity contribution in [2.45, 2.75) is 174 Å². The lowest BCUT2D eigenvalue weighted by Crippen LogP contribution is -2.59. The molecule has 0 aromatic heterocycles. The van der Waals surface area contributed by atoms with Crippen molar-refractivity contribution in [2.75, 3.05) is 7.05 Å². The summed E-state index contributed by atoms with van der Waals surface area (Å²) in [5.41, 5.74) is -2.79. The summed E-state index contributed by atoms with van der Waals surface area (Å²) in [6.07, 6.45) is -5.60. The van der Waals surface area contributed by atoms with Crippen LogP contribution in [0.4, 0.5) is 0 Å². The number of hydrogen-bond donors (Lipinski definition) is 4. The van der Waals surface area contributed by atoms with E-state index in [2.05, 4.69) is 5.32 Å². The number of likely N-dealkylation sites (N-methyl/N-ethyl adjacent to an activating group) is 1. The number of aliphatic hydroxyl groups is 3. The second-order valence-corrected chi connectivity index (χ2v) is 16.0. The molecule has 4 N–H and O–H groups in total. The highest BCUT2D eigenvalue weighted by molar-refractivity contribution is 5.91. The summed E-state index contributed by atoms with van der Waals surface area (Å²) < 4.78 is 38.6. The van der Waals surface area contributed by atoms with E-state index in [0.29, 0.717) is 25.0 Å². The number of cyclic esters (lactones) is 1. The average Bonchev–Trinajstić information content (AvgIpc) is 3.33. The van der Waals surface area contributed by atoms with Crippen molar-refractivity contribution in [3.63, 3.8) is 0 Å². The number of carbonyl (C=O) groups excluding carboxylic acids is 2. The van der Waals surface area contributed by atoms with Crippen molar-refractivity contribution in [2.24, 2.45) is 23.2 Å². The number of allylic oxidation sites excluding steroid dienone is 1. The molecule has 0 aromatic carbocycles. The first-order valence-corrected chi connectivity index (χ1v) is 17.7. The van der Waals surface area contributed by atoms with E-state index in [-0.39, 0.29) is 18.6 Å². The maximum absolute atomic E-state index is 14.0. The molecule has 0 saturated carbocycles. The number of fused-ring (bicyclic) bond motifs is 2. The van der Waals surface area contributed by atoms with Crippen molar-refractivity contribution in [3.05, 3.63) is 11.3 Å². The van der Waals surface area contributed by atoms with Gasteiger partial charge in [-0.2, -0.15) is 0 Å². The summed E-state index contributed by atoms with van der Waals surface area (Å²) in [7, 11) is 1.78. The highest BCUT2D eigenvalue weighted by Crippen LogP contribution is 2.47. The van der Waals surface area contributed by atoms with E-state index in [0.717, 1.165) is 5.57 Å². The predicted molar refractivity (Wildman–Crippen MR) is 176 cm³/mol. The first-order chi connectivity index (χ1) is 22.2. The molecule has 0 unspecified atom stereocenters. The zero-order valence-electron chi connectivity index (χ0n) is 30.9. The summed E-state index contributed by atoms with van der Waals surface area (Å²) >= 11 is 0. The Hall–Kier alpha value is -1.64. The van der Waals surface area contributed by atoms with Crippen LogP contribution in [0.5, 0.6) is 0 Å². The van der Waals surface area contributed by atoms with E-state index in [1.54, 1.807) is 34.7 Å². The van der Waals surface area contributed by atoms with Crippen LogP contribution in [-0.2, 0) is 38.0 Å². The zero-order valence-corrected chi connectivity index (χ0v) is 30.9. The van der Waals surface area contributed by atoms with Crippen molar-refractivity contribution >= 4 is 11.8 Å². The van der Waals surface area contributed by atoms with Gasteiger partial charge in [-0.05, 0) is 79.3 Å². The van der Waals surface area contributed by atoms with Crippen LogP contribution in [0.15, 0.2) is 11.3 Å². The summed E-state index contributed by atoms with van der Waals surface area (Å²) in [4.78, 5) is 27.9. The zero-order chi connectivity index (χ0) is 36.1. The number of esters is 1. The van der Waals surface area contributed by atoms with Gasteiger partial charge in [0.25, 0.3) is 0 Å². The largest absolute Gasteiger partial charge is 0.488 e. The second kappa shape index (κ2) is 14.5. The molecule has 0 aromatic rings. The fraction of sp³-hybridized carbons (Fsp3) is 0.889. The maximum atomic E-state index is 14.0. The first-order valence-electron chi connectivity index (χ1n) is 17.7. The molecule has 2 bridgehead atoms. The Kier molecular flexibility index (Phi) is 11.9. The van der Waals surface area contributed by atoms with Gasteiger partial charge in [0.05, 0.1) is 36.3 Å². The van der Waals surface area contributed by atoms with Crippen LogP contribution >= 0.6 is 0 Å². The Morgan fingerprint density at radius 1 is 1.00 bits per heavy atom. The van der Waals surface area contributed by atoms with Crippen LogP contribution in [0.25, 0.3) is 0 Å². The van der Waals surface area contributed by atoms with Crippen LogP contribution in [-0.4, -0.2) is 107 Å². The van der Waals surface area contributed by atoms with Gasteiger partial charge in [0, 0.05) is 24.8 Å². The Labute approximate surface area is 286 Å². The Balaban J connectivity index is 1.83. The molecule has 4 rings (SSSR count). The van der Waals surface area contributed by atoms with Gasteiger partial charge in [0.2, 0.25) is 0 Å². The molecule has 0 radical (unpaired) electrons. The van der Waals surface area contributed by atoms with Crippen LogP contribution in [0, 0.1) is 23.2 Å². The SMILES string of the molecule is CC[C@H]1OC(=O)[C@H](C)[C@@H](O[C@H]2CC(C)(C)[C@@H](O)[C@H](C)O2)[C@H](C)[C@@H](O[C@@H]2O[C@H](C)C[C@H](NC)[C@H]2O)[C@@]2(C)CC(C)=C(O2)[C@H](C)C(=O)[C@]1(C)O. The number of aliphatic hydroxyl groups excluding tert-OH is 2. The quantitative estimate of drug-likeness (QED) is 0.303. The molecule has 15 atom stereocenters. The molecule has 4 aliphatic heterocycles. The van der Waals surface area contributed by atoms with Crippen molar-refractivity contribution in [1.82, 2.24) is 5.32 Å². The molecule has 276 valence electrons. The molecule has 0 aliphatic carbocycles. The van der Waals surface area contributed by atoms with E-state index in [1.807, 2.05) is 41.5 Å². The van der Waals surface area contributed by atoms with E-state index >= 15 is 0 Å². The fourth-order valence-corrected chi connectivity index (χ4v) is 8.39. The van der Waals surface area contributed by atoms with Gasteiger partial charge >= 0.3 is 5.97 Å². The Morgan fingerprint density at radius 2 is 1.65 bits per heavy atom. The van der Waals surface area contributed by atoms with E-state index in [1.165, 1.54) is 6.92 Å². The number of hydrogen-bond acceptors (Lipinski definition) is 12. The number of ketones is 1. The van der Waals surface area contributed by atoms with E-state index < -0.39 is 95.3 Å². The standard InChI is InChI=1S/C36H61NO11/c1-13-24-36(11,42)29(39)19(4)27-17(2)15-35(10,48-27)31(47-33-26(38)23(37-12)14-18(3)43-33)20(5)28(21(6)32(41)45-24)46-25-16-34(8,9)30(40)22(7)44-25/h18-26,28,30-31,33,37-38,40,42H,13-16H2,1-12H3/t18-,19+,20+,21-,22+,23+,24-,25+,26-,28+,30+,31-,33+,35-,36-/m1/s1. The minimum Gasteiger partial charge on any atom is -0.488 e. The fourth-order valence-electron chi connectivity index (χ4n) is 8.39. The van der Waals surface area contributed by atoms with Crippen LogP contribution in [0.3, 0.4) is 0 Å². The monoisotopic (exact) mass is 683 g/mol. The predicted octanol–water partition coefficient (Wildman–Crippen LogP) is 3.38. The number of rotatable bonds is 6. The lowest BCUT2D eigenvalue weighted by atomic mass is 9.77. The van der Waals surface area contributed by atoms with Crippen LogP contribution in [0.1, 0.15) is 102 Å². The summed E-state index contributed by atoms with van der Waals surface area (Å²) in [6.45, 7) is 19.8. The van der Waals surface area contributed by atoms with Gasteiger partial charge in [0.15, 0.2) is 24.0 Å². The Morgan fingerprint density at radius 3 is 2.23 bits per heavy atom. The molecule has 3 saturated heterocycles. The first kappa shape index (κ1) is 39.2. The van der Waals surface area contributed by atoms with Crippen molar-refractivity contribution in [1.29, 1.82) is 0 Å². The normalized spacial score (nSPS) is 47.4. The molecular formula is C36H61NO11. The minimum absolute atomic E-state index is 0.199. The van der Waals surface area contributed by atoms with Gasteiger partial charge in [-0.3, -0.25) is 9.59 Å². The molecule has 3 fully saturated rings. The molecule has 4 heterocycles. The molecule has 0 amide bonds. The smallest absolute Gasteiger partial charge is 0.311 e. The van der Waals surface area contributed by atoms with Gasteiger partial charge < -0.3 is 49.1 Å². The highest BCUT2D eigenvalue weighted by atomic mass is 16.7. The third-order valence-corrected chi connectivity index (χ3v) is 11.3. The summed E-state index contributed by atoms with van der Waals surface area (Å²) in [5.74, 6) is -3.09. The maximum Gasteiger partial charge on any atom is 0.311 e. The lowest BCUT2D eigenvalue weighted by Gasteiger charge is -2.48. The molecule has 0 spiro atoms. The second-order valence-electron chi connectivity index (χ2n) is 16.0. The van der Waals surface area contributed by atoms with E-state index in [4.69, 9.17) is 28.4 Å². The molecule has 12 heteroatoms. The van der Waals surface area contributed by atoms with Gasteiger partial charge in [-0.15, -0.1) is 0 Å². The van der Waals surface area contributed by atoms with Gasteiger partial charge in [-0.25, -0.2) is 0 Å². The molecule has 4 aliphatic rings. The molecule has 48 heavy (non-hydrogen) atoms. The summed E-state index contributed by atoms with van der Waals surface area (Å²) in [5, 5.41) is 36.9. The summed E-state index contributed by atoms with van der Waals surface area (Å²) in [6, 6.07) is -0.283. The Bertz CT molecular complexity index is 1200. The van der Waals surface area contributed by atoms with Crippen molar-refractivity contribution in [3.8, 4) is 0 Å². The van der Waals surface area contributed by atoms with E-state index in [9.17, 15) is 24.9 Å². The number of Topliss-reactive ketones (excluding diaryl/α,β-unsaturated/α-hetero) is 1. The lowest BCUT2D eigenvalue weighted by molar-refractivity contribution is -0.308. The van der Waals surface area contributed by atoms with Crippen molar-refractivity contribution < 1.29 is 53.3 Å². The van der Waals surface area contributed by atoms with Gasteiger partial charge in [-0.1, -0.05) is 27.7 Å². The van der Waals surface area contributed by atoms with Crippen LogP contribution < -0.4 is 5.32 Å². The topological polar surface area (TPSA) is 162 Å². The van der Waals surface area contributed by atoms with Gasteiger partial charge in [0.1, 0.15) is 29.7 Å². The van der Waals surface area contributed by atoms with Crippen LogP contribution in [0.2, 0.25) is 0 Å². The number of nitrogens with one attached hydrogen (secondary N) is 1. The average molecular weight is 684 g/mol. The number of ether oxygens (including phenoxy) is 6. The molecule has 12 nitrogen and oxygen atoms in total. The number of carbonyl (C=O) groups is 2. The highest BCUT2D eigenvalue weighted by Gasteiger charge is 2.55. The molecular weight excluding hydrogens is 622 g/mol. The third kappa shape index (κ3) is 7.51. The minimum atomic E-state index is -1.99. The third-order valence-electron chi connectivity index (χ3n) is 11.3.